The van der Waals surface area contributed by atoms with Gasteiger partial charge in [-0.15, -0.1) is 0 Å². The summed E-state index contributed by atoms with van der Waals surface area (Å²) in [6.07, 6.45) is 2.20. The largest absolute Gasteiger partial charge is 0.393 e. The number of nitrogens with one attached hydrogen (secondary N) is 1. The third kappa shape index (κ3) is 6.16. The van der Waals surface area contributed by atoms with E-state index in [4.69, 9.17) is 11.6 Å². The van der Waals surface area contributed by atoms with Gasteiger partial charge < -0.3 is 5.11 Å². The van der Waals surface area contributed by atoms with Gasteiger partial charge in [-0.1, -0.05) is 62.7 Å². The van der Waals surface area contributed by atoms with E-state index in [1.54, 1.807) is 24.3 Å². The zero-order valence-electron chi connectivity index (χ0n) is 22.1. The van der Waals surface area contributed by atoms with Crippen LogP contribution in [-0.4, -0.2) is 29.6 Å². The molecule has 4 rings (SSSR count). The van der Waals surface area contributed by atoms with Crippen LogP contribution in [0.15, 0.2) is 53.4 Å². The molecule has 0 radical (unpaired) electrons. The maximum Gasteiger partial charge on any atom is 0.264 e. The van der Waals surface area contributed by atoms with Crippen LogP contribution in [0.4, 0.5) is 5.95 Å². The van der Waals surface area contributed by atoms with E-state index in [1.807, 2.05) is 38.1 Å². The fourth-order valence-electron chi connectivity index (χ4n) is 5.79. The number of benzene rings is 2. The van der Waals surface area contributed by atoms with Crippen LogP contribution < -0.4 is 4.72 Å². The van der Waals surface area contributed by atoms with Crippen LogP contribution in [0.2, 0.25) is 5.15 Å². The predicted octanol–water partition coefficient (Wildman–Crippen LogP) is 6.75. The highest BCUT2D eigenvalue weighted by atomic mass is 35.5. The lowest BCUT2D eigenvalue weighted by atomic mass is 9.66. The Kier molecular flexibility index (Phi) is 8.26. The second-order valence-corrected chi connectivity index (χ2v) is 12.9. The number of hydrogen-bond donors (Lipinski definition) is 2. The molecule has 0 bridgehead atoms. The Balaban J connectivity index is 1.67. The van der Waals surface area contributed by atoms with Crippen LogP contribution in [0.25, 0.3) is 11.3 Å². The van der Waals surface area contributed by atoms with Crippen LogP contribution in [0, 0.1) is 31.6 Å². The second kappa shape index (κ2) is 11.1. The van der Waals surface area contributed by atoms with E-state index < -0.39 is 10.0 Å². The Hall–Kier alpha value is -2.48. The number of sulfonamides is 1. The fourth-order valence-corrected chi connectivity index (χ4v) is 6.97. The van der Waals surface area contributed by atoms with Crippen molar-refractivity contribution < 1.29 is 13.5 Å². The number of aryl methyl sites for hydroxylation is 2. The van der Waals surface area contributed by atoms with Crippen molar-refractivity contribution in [1.29, 1.82) is 0 Å². The number of aliphatic hydroxyl groups excluding tert-OH is 1. The highest BCUT2D eigenvalue weighted by Gasteiger charge is 2.38. The van der Waals surface area contributed by atoms with Gasteiger partial charge in [0.1, 0.15) is 5.15 Å². The lowest BCUT2D eigenvalue weighted by Crippen LogP contribution is -2.36. The van der Waals surface area contributed by atoms with Crippen LogP contribution in [-0.2, 0) is 10.0 Å². The van der Waals surface area contributed by atoms with Crippen LogP contribution in [0.1, 0.15) is 62.6 Å². The first-order valence-corrected chi connectivity index (χ1v) is 14.7. The Morgan fingerprint density at radius 2 is 1.73 bits per heavy atom. The van der Waals surface area contributed by atoms with Gasteiger partial charge in [-0.2, -0.15) is 0 Å². The highest BCUT2D eigenvalue weighted by Crippen LogP contribution is 2.45. The molecule has 1 aliphatic rings. The van der Waals surface area contributed by atoms with Gasteiger partial charge in [0.15, 0.2) is 0 Å². The van der Waals surface area contributed by atoms with Gasteiger partial charge >= 0.3 is 0 Å². The lowest BCUT2D eigenvalue weighted by Gasteiger charge is -2.41. The molecule has 1 aliphatic carbocycles. The molecule has 37 heavy (non-hydrogen) atoms. The normalized spacial score (nSPS) is 22.3. The van der Waals surface area contributed by atoms with Gasteiger partial charge in [-0.3, -0.25) is 0 Å². The number of aliphatic hydroxyl groups is 1. The van der Waals surface area contributed by atoms with Gasteiger partial charge in [-0.25, -0.2) is 23.1 Å². The van der Waals surface area contributed by atoms with Crippen molar-refractivity contribution in [3.63, 3.8) is 0 Å². The molecule has 8 heteroatoms. The van der Waals surface area contributed by atoms with Crippen LogP contribution in [0.3, 0.4) is 0 Å². The van der Waals surface area contributed by atoms with E-state index in [-0.39, 0.29) is 33.9 Å². The third-order valence-electron chi connectivity index (χ3n) is 7.44. The lowest BCUT2D eigenvalue weighted by molar-refractivity contribution is 0.0237. The van der Waals surface area contributed by atoms with Gasteiger partial charge in [0.05, 0.1) is 16.7 Å². The molecule has 1 saturated carbocycles. The molecule has 0 aliphatic heterocycles. The Labute approximate surface area is 225 Å². The summed E-state index contributed by atoms with van der Waals surface area (Å²) < 4.78 is 29.4. The summed E-state index contributed by atoms with van der Waals surface area (Å²) in [4.78, 5) is 8.77. The number of anilines is 1. The van der Waals surface area contributed by atoms with Crippen molar-refractivity contribution in [2.45, 2.75) is 70.8 Å². The van der Waals surface area contributed by atoms with E-state index in [0.29, 0.717) is 17.5 Å². The molecule has 0 amide bonds. The molecule has 0 saturated heterocycles. The molecule has 198 valence electrons. The van der Waals surface area contributed by atoms with Gasteiger partial charge in [-0.05, 0) is 85.6 Å². The first-order chi connectivity index (χ1) is 17.5. The molecule has 1 fully saturated rings. The van der Waals surface area contributed by atoms with Crippen LogP contribution in [0.5, 0.6) is 0 Å². The smallest absolute Gasteiger partial charge is 0.264 e. The number of halogens is 1. The van der Waals surface area contributed by atoms with Crippen molar-refractivity contribution in [2.24, 2.45) is 17.8 Å². The molecular weight excluding hydrogens is 506 g/mol. The SMILES string of the molecule is Cc1cccc(C)c1-c1cc(Cl)nc(NS(=O)(=O)c2cccc(C3C(C)CC[C@H](O)[C@H]3CC(C)C)c2)n1. The Morgan fingerprint density at radius 1 is 1.05 bits per heavy atom. The minimum absolute atomic E-state index is 0.0744. The molecule has 2 aromatic carbocycles. The Morgan fingerprint density at radius 3 is 2.41 bits per heavy atom. The van der Waals surface area contributed by atoms with E-state index in [9.17, 15) is 13.5 Å². The molecule has 6 nitrogen and oxygen atoms in total. The third-order valence-corrected chi connectivity index (χ3v) is 8.96. The average molecular weight is 542 g/mol. The maximum atomic E-state index is 13.5. The molecule has 1 heterocycles. The molecule has 1 aromatic heterocycles. The van der Waals surface area contributed by atoms with Crippen molar-refractivity contribution in [3.8, 4) is 11.3 Å². The molecule has 3 aromatic rings. The quantitative estimate of drug-likeness (QED) is 0.323. The topological polar surface area (TPSA) is 92.2 Å². The van der Waals surface area contributed by atoms with Crippen molar-refractivity contribution in [3.05, 3.63) is 70.4 Å². The minimum atomic E-state index is -3.98. The summed E-state index contributed by atoms with van der Waals surface area (Å²) in [5.41, 5.74) is 4.41. The van der Waals surface area contributed by atoms with E-state index in [0.717, 1.165) is 41.5 Å². The molecule has 4 atom stereocenters. The zero-order valence-corrected chi connectivity index (χ0v) is 23.6. The molecule has 0 spiro atoms. The van der Waals surface area contributed by atoms with Crippen molar-refractivity contribution in [2.75, 3.05) is 4.72 Å². The second-order valence-electron chi connectivity index (χ2n) is 10.8. The average Bonchev–Trinajstić information content (AvgIpc) is 2.81. The van der Waals surface area contributed by atoms with Gasteiger partial charge in [0.25, 0.3) is 10.0 Å². The summed E-state index contributed by atoms with van der Waals surface area (Å²) in [7, 11) is -3.98. The van der Waals surface area contributed by atoms with E-state index >= 15 is 0 Å². The fraction of sp³-hybridized carbons (Fsp3) is 0.448. The zero-order chi connectivity index (χ0) is 26.9. The summed E-state index contributed by atoms with van der Waals surface area (Å²) in [6, 6.07) is 14.6. The summed E-state index contributed by atoms with van der Waals surface area (Å²) in [6.45, 7) is 10.5. The van der Waals surface area contributed by atoms with Gasteiger partial charge in [0.2, 0.25) is 5.95 Å². The summed E-state index contributed by atoms with van der Waals surface area (Å²) >= 11 is 6.28. The number of hydrogen-bond acceptors (Lipinski definition) is 5. The molecule has 2 unspecified atom stereocenters. The van der Waals surface area contributed by atoms with E-state index in [2.05, 4.69) is 35.5 Å². The van der Waals surface area contributed by atoms with Crippen molar-refractivity contribution >= 4 is 27.6 Å². The standard InChI is InChI=1S/C29H36ClN3O3S/c1-17(2)14-23-25(34)13-12-20(5)28(23)21-10-7-11-22(15-21)37(35,36)33-29-31-24(16-26(30)32-29)27-18(3)8-6-9-19(27)4/h6-11,15-17,20,23,25,28,34H,12-14H2,1-5H3,(H,31,32,33)/t20?,23-,25+,28?/m1/s1. The molecule has 2 N–H and O–H groups in total. The summed E-state index contributed by atoms with van der Waals surface area (Å²) in [5, 5.41) is 11.0. The Bertz CT molecular complexity index is 1360. The molecular formula is C29H36ClN3O3S. The monoisotopic (exact) mass is 541 g/mol. The predicted molar refractivity (Wildman–Crippen MR) is 149 cm³/mol. The number of aromatic nitrogens is 2. The first kappa shape index (κ1) is 27.6. The number of rotatable bonds is 7. The van der Waals surface area contributed by atoms with Gasteiger partial charge in [0, 0.05) is 11.6 Å². The first-order valence-electron chi connectivity index (χ1n) is 12.9. The minimum Gasteiger partial charge on any atom is -0.393 e. The maximum absolute atomic E-state index is 13.5. The number of nitrogens with zero attached hydrogens (tertiary/aromatic N) is 2. The highest BCUT2D eigenvalue weighted by molar-refractivity contribution is 7.92. The summed E-state index contributed by atoms with van der Waals surface area (Å²) in [5.74, 6) is 0.876. The van der Waals surface area contributed by atoms with Crippen LogP contribution >= 0.6 is 11.6 Å². The van der Waals surface area contributed by atoms with Crippen molar-refractivity contribution in [1.82, 2.24) is 9.97 Å². The van der Waals surface area contributed by atoms with E-state index in [1.165, 1.54) is 0 Å².